The number of amides is 2. The van der Waals surface area contributed by atoms with Gasteiger partial charge in [-0.3, -0.25) is 43.4 Å². The van der Waals surface area contributed by atoms with Crippen LogP contribution >= 0.6 is 0 Å². The maximum atomic E-state index is 13.0. The van der Waals surface area contributed by atoms with E-state index in [2.05, 4.69) is 70.6 Å². The second kappa shape index (κ2) is 40.7. The zero-order valence-corrected chi connectivity index (χ0v) is 67.9. The third kappa shape index (κ3) is 22.5. The lowest BCUT2D eigenvalue weighted by Crippen LogP contribution is -2.39. The lowest BCUT2D eigenvalue weighted by Gasteiger charge is -2.26. The second-order valence-corrected chi connectivity index (χ2v) is 30.8. The van der Waals surface area contributed by atoms with Gasteiger partial charge in [0, 0.05) is 160 Å². The smallest absolute Gasteiger partial charge is 0.322 e. The number of aryl methyl sites for hydroxylation is 2. The Morgan fingerprint density at radius 1 is 0.509 bits per heavy atom. The van der Waals surface area contributed by atoms with Gasteiger partial charge in [-0.05, 0) is 178 Å². The Kier molecular flexibility index (Phi) is 29.9. The first-order valence-corrected chi connectivity index (χ1v) is 40.3. The number of morpholine rings is 2. The number of likely N-dealkylation sites (N-methyl/N-ethyl adjacent to an activating group) is 3. The predicted molar refractivity (Wildman–Crippen MR) is 458 cm³/mol. The summed E-state index contributed by atoms with van der Waals surface area (Å²) in [6, 6.07) is 48.5. The average Bonchev–Trinajstić information content (AvgIpc) is 0.749. The van der Waals surface area contributed by atoms with Crippen LogP contribution < -0.4 is 47.0 Å². The van der Waals surface area contributed by atoms with Gasteiger partial charge in [0.05, 0.1) is 56.0 Å². The van der Waals surface area contributed by atoms with Gasteiger partial charge in [-0.15, -0.1) is 0 Å². The Bertz CT molecular complexity index is 5680. The minimum absolute atomic E-state index is 0.0239. The molecule has 15 rings (SSSR count). The number of carbonyl (C=O) groups excluding carboxylic acids is 4. The van der Waals surface area contributed by atoms with E-state index >= 15 is 0 Å². The number of hydrogen-bond acceptors (Lipinski definition) is 22. The summed E-state index contributed by atoms with van der Waals surface area (Å²) in [4.78, 5) is 121. The van der Waals surface area contributed by atoms with Crippen molar-refractivity contribution < 1.29 is 41.8 Å². The van der Waals surface area contributed by atoms with Crippen LogP contribution in [0.2, 0.25) is 0 Å². The van der Waals surface area contributed by atoms with Crippen molar-refractivity contribution in [2.75, 3.05) is 171 Å². The van der Waals surface area contributed by atoms with Crippen LogP contribution in [-0.4, -0.2) is 247 Å². The molecular weight excluding hydrogens is 1490 g/mol. The lowest BCUT2D eigenvalue weighted by atomic mass is 9.83. The molecule has 0 bridgehead atoms. The van der Waals surface area contributed by atoms with Crippen LogP contribution in [0.3, 0.4) is 0 Å². The highest BCUT2D eigenvalue weighted by Gasteiger charge is 2.31. The molecule has 0 saturated carbocycles. The molecule has 4 aromatic heterocycles. The Morgan fingerprint density at radius 3 is 1.63 bits per heavy atom. The van der Waals surface area contributed by atoms with Crippen LogP contribution in [0.1, 0.15) is 73.1 Å². The second-order valence-electron chi connectivity index (χ2n) is 29.0. The quantitative estimate of drug-likeness (QED) is 0.0206. The molecular formula is C87H102N16O12S. The van der Waals surface area contributed by atoms with E-state index in [-0.39, 0.29) is 50.6 Å². The number of sulfonamides is 1. The third-order valence-electron chi connectivity index (χ3n) is 19.7. The monoisotopic (exact) mass is 1590 g/mol. The van der Waals surface area contributed by atoms with E-state index in [1.807, 2.05) is 133 Å². The number of H-pyrrole nitrogens is 3. The van der Waals surface area contributed by atoms with Crippen molar-refractivity contribution in [1.29, 1.82) is 0 Å². The Morgan fingerprint density at radius 2 is 1.03 bits per heavy atom. The molecule has 8 N–H and O–H groups in total. The van der Waals surface area contributed by atoms with E-state index < -0.39 is 10.0 Å². The van der Waals surface area contributed by atoms with E-state index in [4.69, 9.17) is 14.2 Å². The number of pyridine rings is 3. The summed E-state index contributed by atoms with van der Waals surface area (Å²) in [5.41, 5.74) is 8.92. The number of para-hydroxylation sites is 2. The molecule has 0 radical (unpaired) electrons. The molecule has 2 saturated heterocycles. The number of aromatic amines is 3. The van der Waals surface area contributed by atoms with Crippen LogP contribution in [0, 0.1) is 13.8 Å². The standard InChI is InChI=1S/C22H16N2O2.C20H23N3O4S.C20H20N2O3.C16H22N6O2.C9H21N3O/c1-11-3-5-17-13(7-11)21(25)15-9-20-16(10-19(15)23-17)22(26)14-8-12(2)4-6-18(14)24-20;24-20-16-4-1-2-5-18(16)22-19-7-6-15(14-17(19)20)28(25,26)21-8-3-9-23-10-12-27-13-11-23;1-21(2)10-11-22(3)20(25)13-8-9-16-17(12-13)19(24)15-7-5-4-6-14(15)18(16)23;1-23-16-20-14(17-7-8-22-9-11-24-12-10-22)19-15(21-16)18-13-5-3-2-4-6-13;1-4-11-9(13)8-10-6-5-7-12(2)3/h3-10H,1-2H3,(H,23,25)(H,24,26);1-2,4-7,14,21H,3,8-13H2,(H,22,24);4-9,12H,10-11H2,1-3H3;2-6H,7-12H2,1H3,(H2,17,18,19,20,21);10H,4-8H2,1-3H3,(H,11,13). The number of anilines is 3. The minimum atomic E-state index is -3.67. The largest absolute Gasteiger partial charge is 0.467 e. The molecule has 116 heavy (non-hydrogen) atoms. The zero-order valence-electron chi connectivity index (χ0n) is 67.1. The first kappa shape index (κ1) is 85.4. The van der Waals surface area contributed by atoms with Gasteiger partial charge < -0.3 is 65.1 Å². The van der Waals surface area contributed by atoms with Crippen molar-refractivity contribution in [2.24, 2.45) is 0 Å². The molecule has 2 aliphatic heterocycles. The number of benzene rings is 8. The highest BCUT2D eigenvalue weighted by atomic mass is 32.2. The number of ether oxygens (including phenoxy) is 3. The summed E-state index contributed by atoms with van der Waals surface area (Å²) in [5.74, 6) is 0.465. The fourth-order valence-corrected chi connectivity index (χ4v) is 14.5. The normalized spacial score (nSPS) is 13.5. The average molecular weight is 1600 g/mol. The van der Waals surface area contributed by atoms with Gasteiger partial charge in [-0.2, -0.15) is 15.0 Å². The van der Waals surface area contributed by atoms with Gasteiger partial charge in [-0.1, -0.05) is 77.9 Å². The molecule has 2 fully saturated rings. The maximum absolute atomic E-state index is 13.0. The van der Waals surface area contributed by atoms with Crippen molar-refractivity contribution in [3.8, 4) is 6.01 Å². The van der Waals surface area contributed by atoms with Gasteiger partial charge >= 0.3 is 6.01 Å². The third-order valence-corrected chi connectivity index (χ3v) is 21.2. The van der Waals surface area contributed by atoms with Crippen molar-refractivity contribution in [1.82, 2.24) is 69.8 Å². The molecule has 2 amide bonds. The molecule has 608 valence electrons. The summed E-state index contributed by atoms with van der Waals surface area (Å²) in [7, 11) is 7.58. The number of ketones is 2. The Balaban J connectivity index is 0.000000145. The van der Waals surface area contributed by atoms with Gasteiger partial charge in [0.15, 0.2) is 27.9 Å². The number of hydrogen-bond donors (Lipinski definition) is 8. The number of fused-ring (bicyclic) bond motifs is 8. The summed E-state index contributed by atoms with van der Waals surface area (Å²) < 4.78 is 43.7. The minimum Gasteiger partial charge on any atom is -0.467 e. The van der Waals surface area contributed by atoms with Crippen LogP contribution in [0.15, 0.2) is 183 Å². The number of rotatable bonds is 24. The van der Waals surface area contributed by atoms with Crippen molar-refractivity contribution >= 4 is 116 Å². The Hall–Kier alpha value is -11.5. The first-order chi connectivity index (χ1) is 55.9. The lowest BCUT2D eigenvalue weighted by molar-refractivity contribution is -0.120. The number of nitrogens with zero attached hydrogens (tertiary/aromatic N) is 8. The van der Waals surface area contributed by atoms with Crippen LogP contribution in [0.25, 0.3) is 65.4 Å². The molecule has 29 heteroatoms. The van der Waals surface area contributed by atoms with E-state index in [1.165, 1.54) is 12.1 Å². The molecule has 8 aromatic carbocycles. The van der Waals surface area contributed by atoms with E-state index in [0.717, 1.165) is 138 Å². The zero-order chi connectivity index (χ0) is 82.4. The fraction of sp³-hybridized carbons (Fsp3) is 0.333. The van der Waals surface area contributed by atoms with Gasteiger partial charge in [-0.25, -0.2) is 13.1 Å². The summed E-state index contributed by atoms with van der Waals surface area (Å²) in [6.45, 7) is 19.9. The van der Waals surface area contributed by atoms with Crippen molar-refractivity contribution in [2.45, 2.75) is 38.5 Å². The summed E-state index contributed by atoms with van der Waals surface area (Å²) >= 11 is 0. The van der Waals surface area contributed by atoms with Crippen molar-refractivity contribution in [3.05, 3.63) is 233 Å². The number of carbonyl (C=O) groups is 4. The molecule has 0 atom stereocenters. The maximum Gasteiger partial charge on any atom is 0.322 e. The molecule has 1 aliphatic carbocycles. The van der Waals surface area contributed by atoms with Crippen LogP contribution in [0.4, 0.5) is 17.6 Å². The summed E-state index contributed by atoms with van der Waals surface area (Å²) in [5, 5.41) is 15.6. The van der Waals surface area contributed by atoms with Crippen molar-refractivity contribution in [3.63, 3.8) is 0 Å². The summed E-state index contributed by atoms with van der Waals surface area (Å²) in [6.07, 6.45) is 1.80. The first-order valence-electron chi connectivity index (χ1n) is 38.8. The highest BCUT2D eigenvalue weighted by molar-refractivity contribution is 7.89. The SMILES string of the molecule is CCNC(=O)CNCCCN(C)C.CN(C)CCN(C)C(=O)c1ccc2c(c1)C(=O)c1ccccc1C2=O.COc1nc(NCCN2CCOCC2)nc(Nc2ccccc2)n1.Cc1ccc2[nH]c3cc4c(=O)c5cc(C)ccc5[nH]c4cc3c(=O)c2c1.O=c1c2ccccc2[nH]c2ccc(S(=O)(=O)NCCCN3CCOCC3)cc12. The molecule has 0 unspecified atom stereocenters. The number of methoxy groups -OCH3 is 1. The van der Waals surface area contributed by atoms with Gasteiger partial charge in [0.25, 0.3) is 5.91 Å². The van der Waals surface area contributed by atoms with Crippen LogP contribution in [0.5, 0.6) is 6.01 Å². The van der Waals surface area contributed by atoms with E-state index in [1.54, 1.807) is 91.9 Å². The van der Waals surface area contributed by atoms with E-state index in [9.17, 15) is 42.0 Å². The predicted octanol–water partition coefficient (Wildman–Crippen LogP) is 9.10. The van der Waals surface area contributed by atoms with Crippen LogP contribution in [-0.2, 0) is 24.3 Å². The molecule has 12 aromatic rings. The highest BCUT2D eigenvalue weighted by Crippen LogP contribution is 2.29. The molecule has 28 nitrogen and oxygen atoms in total. The molecule has 6 heterocycles. The van der Waals surface area contributed by atoms with Gasteiger partial charge in [0.1, 0.15) is 0 Å². The van der Waals surface area contributed by atoms with Gasteiger partial charge in [0.2, 0.25) is 27.8 Å². The molecule has 3 aliphatic rings. The molecule has 0 spiro atoms. The number of nitrogens with one attached hydrogen (secondary N) is 8. The van der Waals surface area contributed by atoms with E-state index in [0.29, 0.717) is 115 Å². The number of aromatic nitrogens is 6. The topological polar surface area (TPSA) is 344 Å². The fourth-order valence-electron chi connectivity index (χ4n) is 13.4. The Labute approximate surface area is 673 Å².